The molecule has 0 spiro atoms. The van der Waals surface area contributed by atoms with Gasteiger partial charge in [0.25, 0.3) is 5.91 Å². The van der Waals surface area contributed by atoms with Gasteiger partial charge in [-0.2, -0.15) is 0 Å². The first kappa shape index (κ1) is 14.6. The largest absolute Gasteiger partial charge is 0.322 e. The fraction of sp³-hybridized carbons (Fsp3) is 0.0667. The van der Waals surface area contributed by atoms with Crippen molar-refractivity contribution in [1.29, 1.82) is 0 Å². The zero-order valence-electron chi connectivity index (χ0n) is 10.9. The standard InChI is InChI=1S/C15H11F2N3O/c16-12-5-13(17)7-14(6-12)20-15(21)11-4-10(2-1-3-18)8-19-9-11/h4-9H,3,18H2,(H,20,21). The van der Waals surface area contributed by atoms with E-state index in [2.05, 4.69) is 22.1 Å². The molecule has 4 nitrogen and oxygen atoms in total. The van der Waals surface area contributed by atoms with Crippen molar-refractivity contribution in [3.63, 3.8) is 0 Å². The van der Waals surface area contributed by atoms with Gasteiger partial charge in [0, 0.05) is 29.7 Å². The Balaban J connectivity index is 2.20. The molecule has 0 unspecified atom stereocenters. The van der Waals surface area contributed by atoms with Crippen molar-refractivity contribution in [2.45, 2.75) is 0 Å². The maximum Gasteiger partial charge on any atom is 0.257 e. The number of pyridine rings is 1. The van der Waals surface area contributed by atoms with E-state index in [1.54, 1.807) is 0 Å². The first-order valence-electron chi connectivity index (χ1n) is 6.00. The highest BCUT2D eigenvalue weighted by Gasteiger charge is 2.09. The zero-order valence-corrected chi connectivity index (χ0v) is 10.9. The summed E-state index contributed by atoms with van der Waals surface area (Å²) in [7, 11) is 0. The highest BCUT2D eigenvalue weighted by atomic mass is 19.1. The Morgan fingerprint density at radius 2 is 1.90 bits per heavy atom. The molecule has 2 rings (SSSR count). The zero-order chi connectivity index (χ0) is 15.2. The number of hydrogen-bond acceptors (Lipinski definition) is 3. The maximum atomic E-state index is 13.1. The van der Waals surface area contributed by atoms with Crippen molar-refractivity contribution in [2.24, 2.45) is 5.73 Å². The van der Waals surface area contributed by atoms with Crippen molar-refractivity contribution in [3.05, 3.63) is 59.4 Å². The van der Waals surface area contributed by atoms with Gasteiger partial charge in [0.1, 0.15) is 11.6 Å². The van der Waals surface area contributed by atoms with Crippen LogP contribution in [0.1, 0.15) is 15.9 Å². The van der Waals surface area contributed by atoms with Gasteiger partial charge in [-0.15, -0.1) is 0 Å². The Bertz CT molecular complexity index is 715. The van der Waals surface area contributed by atoms with Gasteiger partial charge >= 0.3 is 0 Å². The number of hydrogen-bond donors (Lipinski definition) is 2. The van der Waals surface area contributed by atoms with E-state index >= 15 is 0 Å². The average Bonchev–Trinajstić information content (AvgIpc) is 2.44. The molecule has 0 radical (unpaired) electrons. The summed E-state index contributed by atoms with van der Waals surface area (Å²) in [4.78, 5) is 15.9. The van der Waals surface area contributed by atoms with Crippen LogP contribution in [0.4, 0.5) is 14.5 Å². The van der Waals surface area contributed by atoms with E-state index in [0.29, 0.717) is 5.56 Å². The Labute approximate surface area is 120 Å². The van der Waals surface area contributed by atoms with Gasteiger partial charge in [0.15, 0.2) is 0 Å². The molecule has 0 saturated carbocycles. The second-order valence-electron chi connectivity index (χ2n) is 4.08. The van der Waals surface area contributed by atoms with E-state index in [1.165, 1.54) is 18.5 Å². The summed E-state index contributed by atoms with van der Waals surface area (Å²) >= 11 is 0. The molecule has 1 aromatic carbocycles. The first-order chi connectivity index (χ1) is 10.1. The van der Waals surface area contributed by atoms with Crippen molar-refractivity contribution < 1.29 is 13.6 Å². The van der Waals surface area contributed by atoms with E-state index in [4.69, 9.17) is 5.73 Å². The summed E-state index contributed by atoms with van der Waals surface area (Å²) in [5, 5.41) is 2.39. The van der Waals surface area contributed by atoms with Crippen LogP contribution in [0.3, 0.4) is 0 Å². The summed E-state index contributed by atoms with van der Waals surface area (Å²) in [6.07, 6.45) is 2.82. The molecule has 0 fully saturated rings. The van der Waals surface area contributed by atoms with Crippen LogP contribution in [0.5, 0.6) is 0 Å². The topological polar surface area (TPSA) is 68.0 Å². The number of benzene rings is 1. The number of amides is 1. The monoisotopic (exact) mass is 287 g/mol. The van der Waals surface area contributed by atoms with Crippen LogP contribution in [0, 0.1) is 23.5 Å². The fourth-order valence-electron chi connectivity index (χ4n) is 1.61. The molecule has 1 heterocycles. The molecule has 0 aliphatic rings. The van der Waals surface area contributed by atoms with Crippen LogP contribution in [-0.4, -0.2) is 17.4 Å². The van der Waals surface area contributed by atoms with Gasteiger partial charge in [0.05, 0.1) is 12.1 Å². The molecule has 106 valence electrons. The lowest BCUT2D eigenvalue weighted by molar-refractivity contribution is 0.102. The minimum atomic E-state index is -0.772. The molecule has 0 saturated heterocycles. The molecule has 2 aromatic rings. The van der Waals surface area contributed by atoms with Crippen LogP contribution in [0.25, 0.3) is 0 Å². The van der Waals surface area contributed by atoms with E-state index < -0.39 is 17.5 Å². The lowest BCUT2D eigenvalue weighted by Crippen LogP contribution is -2.12. The molecular weight excluding hydrogens is 276 g/mol. The van der Waals surface area contributed by atoms with Gasteiger partial charge in [0.2, 0.25) is 0 Å². The molecule has 6 heteroatoms. The van der Waals surface area contributed by atoms with Crippen molar-refractivity contribution >= 4 is 11.6 Å². The molecule has 1 aromatic heterocycles. The fourth-order valence-corrected chi connectivity index (χ4v) is 1.61. The molecule has 3 N–H and O–H groups in total. The third-order valence-electron chi connectivity index (χ3n) is 2.46. The number of halogens is 2. The second kappa shape index (κ2) is 6.59. The average molecular weight is 287 g/mol. The number of rotatable bonds is 2. The van der Waals surface area contributed by atoms with Crippen molar-refractivity contribution in [1.82, 2.24) is 4.98 Å². The highest BCUT2D eigenvalue weighted by molar-refractivity contribution is 6.04. The Morgan fingerprint density at radius 3 is 2.57 bits per heavy atom. The molecule has 21 heavy (non-hydrogen) atoms. The van der Waals surface area contributed by atoms with E-state index in [9.17, 15) is 13.6 Å². The number of nitrogens with zero attached hydrogens (tertiary/aromatic N) is 1. The second-order valence-corrected chi connectivity index (χ2v) is 4.08. The van der Waals surface area contributed by atoms with Gasteiger partial charge in [-0.25, -0.2) is 8.78 Å². The van der Waals surface area contributed by atoms with E-state index in [0.717, 1.165) is 18.2 Å². The number of aromatic nitrogens is 1. The number of carbonyl (C=O) groups excluding carboxylic acids is 1. The van der Waals surface area contributed by atoms with Crippen LogP contribution in [0.15, 0.2) is 36.7 Å². The Morgan fingerprint density at radius 1 is 1.19 bits per heavy atom. The summed E-state index contributed by atoms with van der Waals surface area (Å²) < 4.78 is 26.1. The quantitative estimate of drug-likeness (QED) is 0.829. The summed E-state index contributed by atoms with van der Waals surface area (Å²) in [5.41, 5.74) is 6.04. The van der Waals surface area contributed by atoms with Crippen molar-refractivity contribution in [2.75, 3.05) is 11.9 Å². The number of carbonyl (C=O) groups is 1. The van der Waals surface area contributed by atoms with Gasteiger partial charge < -0.3 is 11.1 Å². The number of anilines is 1. The minimum absolute atomic E-state index is 0.0240. The third-order valence-corrected chi connectivity index (χ3v) is 2.46. The number of nitrogens with two attached hydrogens (primary N) is 1. The van der Waals surface area contributed by atoms with E-state index in [-0.39, 0.29) is 17.8 Å². The SMILES string of the molecule is NCC#Cc1cncc(C(=O)Nc2cc(F)cc(F)c2)c1. The predicted molar refractivity (Wildman–Crippen MR) is 74.5 cm³/mol. The third kappa shape index (κ3) is 4.09. The summed E-state index contributed by atoms with van der Waals surface area (Å²) in [5.74, 6) is 3.30. The molecule has 0 bridgehead atoms. The van der Waals surface area contributed by atoms with Gasteiger partial charge in [-0.05, 0) is 18.2 Å². The molecule has 1 amide bonds. The predicted octanol–water partition coefficient (Wildman–Crippen LogP) is 1.92. The molecule has 0 atom stereocenters. The van der Waals surface area contributed by atoms with Crippen molar-refractivity contribution in [3.8, 4) is 11.8 Å². The Kier molecular flexibility index (Phi) is 4.59. The van der Waals surface area contributed by atoms with E-state index in [1.807, 2.05) is 0 Å². The highest BCUT2D eigenvalue weighted by Crippen LogP contribution is 2.14. The van der Waals surface area contributed by atoms with Crippen LogP contribution in [0.2, 0.25) is 0 Å². The van der Waals surface area contributed by atoms with Gasteiger partial charge in [-0.3, -0.25) is 9.78 Å². The molecule has 0 aliphatic carbocycles. The maximum absolute atomic E-state index is 13.1. The molecular formula is C15H11F2N3O. The first-order valence-corrected chi connectivity index (χ1v) is 6.00. The number of nitrogens with one attached hydrogen (secondary N) is 1. The summed E-state index contributed by atoms with van der Waals surface area (Å²) in [6, 6.07) is 4.28. The van der Waals surface area contributed by atoms with Gasteiger partial charge in [-0.1, -0.05) is 11.8 Å². The minimum Gasteiger partial charge on any atom is -0.322 e. The van der Waals surface area contributed by atoms with Crippen LogP contribution >= 0.6 is 0 Å². The lowest BCUT2D eigenvalue weighted by atomic mass is 10.2. The van der Waals surface area contributed by atoms with Crippen LogP contribution < -0.4 is 11.1 Å². The van der Waals surface area contributed by atoms with Crippen LogP contribution in [-0.2, 0) is 0 Å². The smallest absolute Gasteiger partial charge is 0.257 e. The Hall–Kier alpha value is -2.78. The lowest BCUT2D eigenvalue weighted by Gasteiger charge is -2.05. The normalized spacial score (nSPS) is 9.67. The molecule has 0 aliphatic heterocycles. The summed E-state index contributed by atoms with van der Waals surface area (Å²) in [6.45, 7) is 0.193.